The molecule has 1 atom stereocenters. The van der Waals surface area contributed by atoms with Gasteiger partial charge in [0.25, 0.3) is 0 Å². The van der Waals surface area contributed by atoms with Crippen molar-refractivity contribution < 1.29 is 8.42 Å². The van der Waals surface area contributed by atoms with Gasteiger partial charge in [0.1, 0.15) is 0 Å². The summed E-state index contributed by atoms with van der Waals surface area (Å²) in [5.41, 5.74) is 0. The molecule has 5 heteroatoms. The summed E-state index contributed by atoms with van der Waals surface area (Å²) < 4.78 is 26.7. The number of benzene rings is 1. The van der Waals surface area contributed by atoms with E-state index in [1.54, 1.807) is 24.3 Å². The lowest BCUT2D eigenvalue weighted by Crippen LogP contribution is -2.40. The summed E-state index contributed by atoms with van der Waals surface area (Å²) in [6.45, 7) is 5.67. The zero-order chi connectivity index (χ0) is 13.7. The number of nitrogens with one attached hydrogen (secondary N) is 1. The molecule has 0 saturated carbocycles. The zero-order valence-corrected chi connectivity index (χ0v) is 12.2. The summed E-state index contributed by atoms with van der Waals surface area (Å²) in [6, 6.07) is 8.52. The third-order valence-corrected chi connectivity index (χ3v) is 4.99. The van der Waals surface area contributed by atoms with Gasteiger partial charge in [-0.25, -0.2) is 13.1 Å². The lowest BCUT2D eigenvalue weighted by Gasteiger charge is -2.30. The number of likely N-dealkylation sites (tertiary alicyclic amines) is 1. The second kappa shape index (κ2) is 6.50. The molecule has 1 unspecified atom stereocenters. The van der Waals surface area contributed by atoms with Crippen molar-refractivity contribution in [2.75, 3.05) is 26.2 Å². The molecule has 1 fully saturated rings. The third kappa shape index (κ3) is 4.30. The number of rotatable bonds is 5. The van der Waals surface area contributed by atoms with Crippen molar-refractivity contribution in [1.29, 1.82) is 0 Å². The molecule has 1 heterocycles. The van der Waals surface area contributed by atoms with E-state index < -0.39 is 10.0 Å². The normalized spacial score (nSPS) is 21.4. The van der Waals surface area contributed by atoms with Gasteiger partial charge in [-0.3, -0.25) is 0 Å². The van der Waals surface area contributed by atoms with Gasteiger partial charge in [0.05, 0.1) is 4.90 Å². The van der Waals surface area contributed by atoms with Crippen LogP contribution in [0.15, 0.2) is 35.2 Å². The fraction of sp³-hybridized carbons (Fsp3) is 0.571. The Morgan fingerprint density at radius 3 is 2.74 bits per heavy atom. The van der Waals surface area contributed by atoms with Gasteiger partial charge in [-0.1, -0.05) is 25.1 Å². The standard InChI is InChI=1S/C14H22N2O2S/c1-13-6-5-10-16(12-13)11-9-15-19(17,18)14-7-3-2-4-8-14/h2-4,7-8,13,15H,5-6,9-12H2,1H3. The van der Waals surface area contributed by atoms with E-state index in [1.807, 2.05) is 6.07 Å². The summed E-state index contributed by atoms with van der Waals surface area (Å²) in [7, 11) is -3.35. The molecule has 19 heavy (non-hydrogen) atoms. The first-order chi connectivity index (χ1) is 9.08. The molecule has 4 nitrogen and oxygen atoms in total. The Balaban J connectivity index is 1.82. The minimum Gasteiger partial charge on any atom is -0.302 e. The lowest BCUT2D eigenvalue weighted by molar-refractivity contribution is 0.187. The Labute approximate surface area is 115 Å². The molecule has 0 bridgehead atoms. The quantitative estimate of drug-likeness (QED) is 0.894. The average Bonchev–Trinajstić information content (AvgIpc) is 2.40. The third-order valence-electron chi connectivity index (χ3n) is 3.51. The number of sulfonamides is 1. The highest BCUT2D eigenvalue weighted by molar-refractivity contribution is 7.89. The minimum atomic E-state index is -3.35. The Morgan fingerprint density at radius 1 is 1.32 bits per heavy atom. The van der Waals surface area contributed by atoms with Crippen molar-refractivity contribution in [2.45, 2.75) is 24.7 Å². The Hall–Kier alpha value is -0.910. The molecule has 0 radical (unpaired) electrons. The zero-order valence-electron chi connectivity index (χ0n) is 11.4. The minimum absolute atomic E-state index is 0.335. The van der Waals surface area contributed by atoms with E-state index in [1.165, 1.54) is 12.8 Å². The molecule has 1 aromatic carbocycles. The molecule has 0 spiro atoms. The van der Waals surface area contributed by atoms with Crippen LogP contribution in [0, 0.1) is 5.92 Å². The van der Waals surface area contributed by atoms with E-state index in [9.17, 15) is 8.42 Å². The van der Waals surface area contributed by atoms with Gasteiger partial charge >= 0.3 is 0 Å². The number of piperidine rings is 1. The summed E-state index contributed by atoms with van der Waals surface area (Å²) in [5.74, 6) is 0.722. The van der Waals surface area contributed by atoms with Crippen LogP contribution >= 0.6 is 0 Å². The van der Waals surface area contributed by atoms with E-state index in [0.29, 0.717) is 11.4 Å². The first-order valence-electron chi connectivity index (χ1n) is 6.85. The van der Waals surface area contributed by atoms with Crippen LogP contribution in [0.25, 0.3) is 0 Å². The van der Waals surface area contributed by atoms with Crippen LogP contribution in [0.3, 0.4) is 0 Å². The molecule has 0 aromatic heterocycles. The SMILES string of the molecule is CC1CCCN(CCNS(=O)(=O)c2ccccc2)C1. The van der Waals surface area contributed by atoms with E-state index in [-0.39, 0.29) is 0 Å². The monoisotopic (exact) mass is 282 g/mol. The summed E-state index contributed by atoms with van der Waals surface area (Å²) in [5, 5.41) is 0. The molecule has 1 saturated heterocycles. The van der Waals surface area contributed by atoms with Gasteiger partial charge in [0.15, 0.2) is 0 Å². The van der Waals surface area contributed by atoms with Gasteiger partial charge in [-0.05, 0) is 37.4 Å². The van der Waals surface area contributed by atoms with E-state index in [2.05, 4.69) is 16.5 Å². The maximum Gasteiger partial charge on any atom is 0.240 e. The van der Waals surface area contributed by atoms with Crippen LogP contribution in [0.5, 0.6) is 0 Å². The predicted molar refractivity (Wildman–Crippen MR) is 76.5 cm³/mol. The smallest absolute Gasteiger partial charge is 0.240 e. The first kappa shape index (κ1) is 14.5. The van der Waals surface area contributed by atoms with Crippen LogP contribution in [-0.4, -0.2) is 39.5 Å². The van der Waals surface area contributed by atoms with Crippen LogP contribution in [0.2, 0.25) is 0 Å². The van der Waals surface area contributed by atoms with Gasteiger partial charge in [0.2, 0.25) is 10.0 Å². The summed E-state index contributed by atoms with van der Waals surface area (Å²) in [6.07, 6.45) is 2.50. The molecule has 0 aliphatic carbocycles. The summed E-state index contributed by atoms with van der Waals surface area (Å²) >= 11 is 0. The van der Waals surface area contributed by atoms with Crippen LogP contribution in [0.1, 0.15) is 19.8 Å². The maximum absolute atomic E-state index is 12.0. The lowest BCUT2D eigenvalue weighted by atomic mass is 10.0. The van der Waals surface area contributed by atoms with E-state index in [4.69, 9.17) is 0 Å². The fourth-order valence-corrected chi connectivity index (χ4v) is 3.55. The van der Waals surface area contributed by atoms with Crippen LogP contribution in [-0.2, 0) is 10.0 Å². The Morgan fingerprint density at radius 2 is 2.05 bits per heavy atom. The second-order valence-electron chi connectivity index (χ2n) is 5.26. The van der Waals surface area contributed by atoms with E-state index >= 15 is 0 Å². The molecule has 106 valence electrons. The molecule has 1 N–H and O–H groups in total. The molecule has 0 amide bonds. The molecule has 1 aliphatic heterocycles. The highest BCUT2D eigenvalue weighted by Crippen LogP contribution is 2.14. The molecular weight excluding hydrogens is 260 g/mol. The van der Waals surface area contributed by atoms with Crippen molar-refractivity contribution in [3.8, 4) is 0 Å². The number of hydrogen-bond acceptors (Lipinski definition) is 3. The second-order valence-corrected chi connectivity index (χ2v) is 7.03. The van der Waals surface area contributed by atoms with Gasteiger partial charge in [0, 0.05) is 19.6 Å². The van der Waals surface area contributed by atoms with Crippen molar-refractivity contribution in [3.63, 3.8) is 0 Å². The molecule has 1 aliphatic rings. The first-order valence-corrected chi connectivity index (χ1v) is 8.33. The highest BCUT2D eigenvalue weighted by atomic mass is 32.2. The number of hydrogen-bond donors (Lipinski definition) is 1. The van der Waals surface area contributed by atoms with Gasteiger partial charge < -0.3 is 4.90 Å². The highest BCUT2D eigenvalue weighted by Gasteiger charge is 2.17. The molecule has 2 rings (SSSR count). The number of nitrogens with zero attached hydrogens (tertiary/aromatic N) is 1. The Bertz CT molecular complexity index is 487. The van der Waals surface area contributed by atoms with Crippen molar-refractivity contribution in [2.24, 2.45) is 5.92 Å². The van der Waals surface area contributed by atoms with Gasteiger partial charge in [-0.15, -0.1) is 0 Å². The average molecular weight is 282 g/mol. The maximum atomic E-state index is 12.0. The fourth-order valence-electron chi connectivity index (χ4n) is 2.51. The summed E-state index contributed by atoms with van der Waals surface area (Å²) in [4.78, 5) is 2.67. The van der Waals surface area contributed by atoms with E-state index in [0.717, 1.165) is 25.6 Å². The Kier molecular flexibility index (Phi) is 4.96. The van der Waals surface area contributed by atoms with Crippen molar-refractivity contribution >= 4 is 10.0 Å². The van der Waals surface area contributed by atoms with Crippen molar-refractivity contribution in [3.05, 3.63) is 30.3 Å². The van der Waals surface area contributed by atoms with Gasteiger partial charge in [-0.2, -0.15) is 0 Å². The largest absolute Gasteiger partial charge is 0.302 e. The molecule has 1 aromatic rings. The van der Waals surface area contributed by atoms with Crippen LogP contribution in [0.4, 0.5) is 0 Å². The predicted octanol–water partition coefficient (Wildman–Crippen LogP) is 1.70. The van der Waals surface area contributed by atoms with Crippen molar-refractivity contribution in [1.82, 2.24) is 9.62 Å². The topological polar surface area (TPSA) is 49.4 Å². The molecular formula is C14H22N2O2S. The van der Waals surface area contributed by atoms with Crippen LogP contribution < -0.4 is 4.72 Å².